The van der Waals surface area contributed by atoms with Gasteiger partial charge in [0.2, 0.25) is 0 Å². The second kappa shape index (κ2) is 4.65. The summed E-state index contributed by atoms with van der Waals surface area (Å²) in [6.07, 6.45) is 2.09. The summed E-state index contributed by atoms with van der Waals surface area (Å²) < 4.78 is 5.55. The topological polar surface area (TPSA) is 55.6 Å². The second-order valence-corrected chi connectivity index (χ2v) is 7.59. The van der Waals surface area contributed by atoms with Gasteiger partial charge in [-0.25, -0.2) is 4.79 Å². The largest absolute Gasteiger partial charge is 0.444 e. The Bertz CT molecular complexity index is 360. The Morgan fingerprint density at radius 1 is 1.42 bits per heavy atom. The van der Waals surface area contributed by atoms with Gasteiger partial charge in [0, 0.05) is 12.6 Å². The second-order valence-electron chi connectivity index (χ2n) is 7.59. The van der Waals surface area contributed by atoms with Crippen LogP contribution in [0.4, 0.5) is 4.79 Å². The lowest BCUT2D eigenvalue weighted by atomic mass is 9.49. The van der Waals surface area contributed by atoms with E-state index >= 15 is 0 Å². The lowest BCUT2D eigenvalue weighted by Crippen LogP contribution is -2.70. The van der Waals surface area contributed by atoms with Crippen molar-refractivity contribution in [3.05, 3.63) is 0 Å². The molecule has 0 bridgehead atoms. The SMILES string of the molecule is CC(C)(C)OC(=O)N1CCC[C@@H]2[C@@H](CN)C(C)(C)[C@@H]21. The molecule has 4 nitrogen and oxygen atoms in total. The summed E-state index contributed by atoms with van der Waals surface area (Å²) in [6.45, 7) is 11.7. The van der Waals surface area contributed by atoms with Gasteiger partial charge in [-0.2, -0.15) is 0 Å². The predicted octanol–water partition coefficient (Wildman–Crippen LogP) is 2.62. The Hall–Kier alpha value is -0.770. The van der Waals surface area contributed by atoms with E-state index in [0.717, 1.165) is 19.5 Å². The molecule has 0 aromatic heterocycles. The van der Waals surface area contributed by atoms with Crippen LogP contribution in [0.15, 0.2) is 0 Å². The maximum Gasteiger partial charge on any atom is 0.410 e. The van der Waals surface area contributed by atoms with Crippen molar-refractivity contribution in [2.45, 2.75) is 59.1 Å². The molecule has 1 aliphatic heterocycles. The van der Waals surface area contributed by atoms with E-state index in [9.17, 15) is 4.79 Å². The van der Waals surface area contributed by atoms with E-state index in [4.69, 9.17) is 10.5 Å². The van der Waals surface area contributed by atoms with E-state index in [-0.39, 0.29) is 11.5 Å². The average Bonchev–Trinajstić information content (AvgIpc) is 2.26. The van der Waals surface area contributed by atoms with E-state index in [2.05, 4.69) is 13.8 Å². The monoisotopic (exact) mass is 268 g/mol. The maximum absolute atomic E-state index is 12.4. The zero-order chi connectivity index (χ0) is 14.4. The van der Waals surface area contributed by atoms with Gasteiger partial charge in [0.1, 0.15) is 5.60 Å². The summed E-state index contributed by atoms with van der Waals surface area (Å²) in [5.74, 6) is 1.09. The highest BCUT2D eigenvalue weighted by Crippen LogP contribution is 2.56. The summed E-state index contributed by atoms with van der Waals surface area (Å²) in [6, 6.07) is 0.296. The molecule has 0 aromatic rings. The number of fused-ring (bicyclic) bond motifs is 1. The van der Waals surface area contributed by atoms with Crippen LogP contribution in [-0.4, -0.2) is 35.7 Å². The smallest absolute Gasteiger partial charge is 0.410 e. The summed E-state index contributed by atoms with van der Waals surface area (Å²) in [4.78, 5) is 14.3. The van der Waals surface area contributed by atoms with Gasteiger partial charge in [-0.1, -0.05) is 13.8 Å². The first-order chi connectivity index (χ1) is 8.68. The molecular weight excluding hydrogens is 240 g/mol. The van der Waals surface area contributed by atoms with E-state index in [1.165, 1.54) is 6.42 Å². The van der Waals surface area contributed by atoms with Crippen LogP contribution in [0.3, 0.4) is 0 Å². The van der Waals surface area contributed by atoms with Crippen LogP contribution in [0.1, 0.15) is 47.5 Å². The van der Waals surface area contributed by atoms with Crippen molar-refractivity contribution in [1.29, 1.82) is 0 Å². The number of hydrogen-bond donors (Lipinski definition) is 1. The number of amides is 1. The third-order valence-corrected chi connectivity index (χ3v) is 4.79. The molecule has 0 spiro atoms. The normalized spacial score (nSPS) is 33.4. The van der Waals surface area contributed by atoms with Gasteiger partial charge < -0.3 is 15.4 Å². The molecule has 0 radical (unpaired) electrons. The van der Waals surface area contributed by atoms with E-state index in [0.29, 0.717) is 17.9 Å². The number of hydrogen-bond acceptors (Lipinski definition) is 3. The molecule has 2 rings (SSSR count). The highest BCUT2D eigenvalue weighted by atomic mass is 16.6. The third-order valence-electron chi connectivity index (χ3n) is 4.79. The van der Waals surface area contributed by atoms with Gasteiger partial charge in [0.25, 0.3) is 0 Å². The fraction of sp³-hybridized carbons (Fsp3) is 0.933. The van der Waals surface area contributed by atoms with E-state index in [1.54, 1.807) is 0 Å². The molecular formula is C15H28N2O2. The Morgan fingerprint density at radius 3 is 2.58 bits per heavy atom. The number of rotatable bonds is 1. The number of likely N-dealkylation sites (tertiary alicyclic amines) is 1. The van der Waals surface area contributed by atoms with Crippen molar-refractivity contribution >= 4 is 6.09 Å². The summed E-state index contributed by atoms with van der Waals surface area (Å²) in [7, 11) is 0. The summed E-state index contributed by atoms with van der Waals surface area (Å²) in [5.41, 5.74) is 5.59. The summed E-state index contributed by atoms with van der Waals surface area (Å²) >= 11 is 0. The van der Waals surface area contributed by atoms with Crippen LogP contribution >= 0.6 is 0 Å². The predicted molar refractivity (Wildman–Crippen MR) is 75.8 cm³/mol. The lowest BCUT2D eigenvalue weighted by molar-refractivity contribution is -0.139. The maximum atomic E-state index is 12.4. The van der Waals surface area contributed by atoms with Gasteiger partial charge in [-0.15, -0.1) is 0 Å². The lowest BCUT2D eigenvalue weighted by Gasteiger charge is -2.63. The molecule has 1 saturated heterocycles. The van der Waals surface area contributed by atoms with Crippen molar-refractivity contribution in [2.75, 3.05) is 13.1 Å². The number of ether oxygens (including phenoxy) is 1. The molecule has 19 heavy (non-hydrogen) atoms. The highest BCUT2D eigenvalue weighted by molar-refractivity contribution is 5.69. The first-order valence-electron chi connectivity index (χ1n) is 7.38. The van der Waals surface area contributed by atoms with Crippen molar-refractivity contribution in [3.63, 3.8) is 0 Å². The van der Waals surface area contributed by atoms with Crippen LogP contribution < -0.4 is 5.73 Å². The number of carbonyl (C=O) groups excluding carboxylic acids is 1. The molecule has 1 saturated carbocycles. The number of carbonyl (C=O) groups is 1. The molecule has 110 valence electrons. The molecule has 3 atom stereocenters. The minimum absolute atomic E-state index is 0.108. The van der Waals surface area contributed by atoms with Gasteiger partial charge in [0.15, 0.2) is 0 Å². The average molecular weight is 268 g/mol. The molecule has 1 aliphatic carbocycles. The number of piperidine rings is 1. The Balaban J connectivity index is 2.12. The molecule has 2 fully saturated rings. The van der Waals surface area contributed by atoms with Crippen LogP contribution in [-0.2, 0) is 4.74 Å². The van der Waals surface area contributed by atoms with Crippen molar-refractivity contribution in [2.24, 2.45) is 23.0 Å². The molecule has 1 heterocycles. The molecule has 4 heteroatoms. The van der Waals surface area contributed by atoms with Crippen molar-refractivity contribution in [3.8, 4) is 0 Å². The van der Waals surface area contributed by atoms with Crippen molar-refractivity contribution < 1.29 is 9.53 Å². The van der Waals surface area contributed by atoms with Gasteiger partial charge in [-0.3, -0.25) is 0 Å². The number of nitrogens with two attached hydrogens (primary N) is 1. The quantitative estimate of drug-likeness (QED) is 0.795. The Kier molecular flexibility index (Phi) is 3.58. The first-order valence-corrected chi connectivity index (χ1v) is 7.38. The zero-order valence-corrected chi connectivity index (χ0v) is 12.9. The summed E-state index contributed by atoms with van der Waals surface area (Å²) in [5, 5.41) is 0. The zero-order valence-electron chi connectivity index (χ0n) is 12.9. The first kappa shape index (κ1) is 14.6. The van der Waals surface area contributed by atoms with E-state index < -0.39 is 5.60 Å². The van der Waals surface area contributed by atoms with Gasteiger partial charge >= 0.3 is 6.09 Å². The standard InChI is InChI=1S/C15H28N2O2/c1-14(2,3)19-13(18)17-8-6-7-10-11(9-16)15(4,5)12(10)17/h10-12H,6-9,16H2,1-5H3/t10-,11-,12-/m1/s1. The van der Waals surface area contributed by atoms with Gasteiger partial charge in [-0.05, 0) is 57.4 Å². The van der Waals surface area contributed by atoms with E-state index in [1.807, 2.05) is 25.7 Å². The Labute approximate surface area is 116 Å². The molecule has 0 unspecified atom stereocenters. The minimum Gasteiger partial charge on any atom is -0.444 e. The third kappa shape index (κ3) is 2.47. The number of nitrogens with zero attached hydrogens (tertiary/aromatic N) is 1. The molecule has 2 aliphatic rings. The molecule has 2 N–H and O–H groups in total. The minimum atomic E-state index is -0.425. The van der Waals surface area contributed by atoms with Crippen LogP contribution in [0.25, 0.3) is 0 Å². The van der Waals surface area contributed by atoms with Gasteiger partial charge in [0.05, 0.1) is 0 Å². The fourth-order valence-corrected chi connectivity index (χ4v) is 4.06. The Morgan fingerprint density at radius 2 is 2.05 bits per heavy atom. The van der Waals surface area contributed by atoms with Crippen molar-refractivity contribution in [1.82, 2.24) is 4.90 Å². The van der Waals surface area contributed by atoms with Crippen LogP contribution in [0.2, 0.25) is 0 Å². The van der Waals surface area contributed by atoms with Crippen LogP contribution in [0, 0.1) is 17.3 Å². The molecule has 1 amide bonds. The fourth-order valence-electron chi connectivity index (χ4n) is 4.06. The van der Waals surface area contributed by atoms with Crippen LogP contribution in [0.5, 0.6) is 0 Å². The molecule has 0 aromatic carbocycles. The highest BCUT2D eigenvalue weighted by Gasteiger charge is 2.59.